The molecule has 2 aliphatic heterocycles. The summed E-state index contributed by atoms with van der Waals surface area (Å²) in [5.41, 5.74) is 2.93. The Morgan fingerprint density at radius 2 is 1.97 bits per heavy atom. The minimum atomic E-state index is -0.534. The van der Waals surface area contributed by atoms with Crippen LogP contribution < -0.4 is 5.32 Å². The molecule has 2 aliphatic rings. The maximum Gasteiger partial charge on any atom is 0.338 e. The predicted octanol–water partition coefficient (Wildman–Crippen LogP) is 2.38. The average molecular weight is 397 g/mol. The number of hydrogen-bond acceptors (Lipinski definition) is 6. The fraction of sp³-hybridized carbons (Fsp3) is 0.381. The average Bonchev–Trinajstić information content (AvgIpc) is 2.71. The molecule has 154 valence electrons. The molecule has 1 aromatic rings. The second kappa shape index (κ2) is 8.38. The Labute approximate surface area is 171 Å². The number of amides is 2. The predicted molar refractivity (Wildman–Crippen MR) is 112 cm³/mol. The van der Waals surface area contributed by atoms with Crippen molar-refractivity contribution in [3.63, 3.8) is 0 Å². The molecule has 0 saturated carbocycles. The van der Waals surface area contributed by atoms with Crippen LogP contribution in [0.5, 0.6) is 0 Å². The summed E-state index contributed by atoms with van der Waals surface area (Å²) in [5.74, 6) is 0.206. The SMILES string of the molecule is C=Cc1ccccc1C1N=C(N2CN(C)C(=O)N(C)C2)NC(C)=C1C(=O)OCC. The van der Waals surface area contributed by atoms with E-state index in [-0.39, 0.29) is 12.6 Å². The molecule has 1 unspecified atom stereocenters. The lowest BCUT2D eigenvalue weighted by molar-refractivity contribution is -0.138. The third-order valence-electron chi connectivity index (χ3n) is 4.95. The summed E-state index contributed by atoms with van der Waals surface area (Å²) in [7, 11) is 3.48. The van der Waals surface area contributed by atoms with E-state index >= 15 is 0 Å². The van der Waals surface area contributed by atoms with Crippen molar-refractivity contribution in [2.24, 2.45) is 4.99 Å². The van der Waals surface area contributed by atoms with Gasteiger partial charge in [0.05, 0.1) is 25.5 Å². The van der Waals surface area contributed by atoms with Crippen molar-refractivity contribution < 1.29 is 14.3 Å². The number of allylic oxidation sites excluding steroid dienone is 1. The molecule has 1 N–H and O–H groups in total. The molecule has 0 aliphatic carbocycles. The van der Waals surface area contributed by atoms with Gasteiger partial charge in [-0.25, -0.2) is 14.6 Å². The lowest BCUT2D eigenvalue weighted by atomic mass is 9.92. The van der Waals surface area contributed by atoms with Gasteiger partial charge in [-0.15, -0.1) is 0 Å². The molecule has 29 heavy (non-hydrogen) atoms. The first kappa shape index (κ1) is 20.4. The fourth-order valence-corrected chi connectivity index (χ4v) is 3.57. The summed E-state index contributed by atoms with van der Waals surface area (Å²) in [5, 5.41) is 3.23. The Kier molecular flexibility index (Phi) is 5.91. The largest absolute Gasteiger partial charge is 0.463 e. The van der Waals surface area contributed by atoms with Crippen molar-refractivity contribution in [1.82, 2.24) is 20.0 Å². The van der Waals surface area contributed by atoms with Crippen molar-refractivity contribution in [3.8, 4) is 0 Å². The molecular weight excluding hydrogens is 370 g/mol. The monoisotopic (exact) mass is 397 g/mol. The van der Waals surface area contributed by atoms with E-state index in [1.807, 2.05) is 36.1 Å². The summed E-state index contributed by atoms with van der Waals surface area (Å²) in [4.78, 5) is 34.9. The van der Waals surface area contributed by atoms with Crippen molar-refractivity contribution in [2.45, 2.75) is 19.9 Å². The number of nitrogens with one attached hydrogen (secondary N) is 1. The quantitative estimate of drug-likeness (QED) is 0.790. The van der Waals surface area contributed by atoms with Crippen LogP contribution in [-0.2, 0) is 9.53 Å². The number of nitrogens with zero attached hydrogens (tertiary/aromatic N) is 4. The molecule has 0 spiro atoms. The van der Waals surface area contributed by atoms with Crippen molar-refractivity contribution in [2.75, 3.05) is 34.0 Å². The number of rotatable bonds is 4. The number of esters is 1. The number of carbonyl (C=O) groups is 2. The van der Waals surface area contributed by atoms with Crippen LogP contribution in [0.4, 0.5) is 4.79 Å². The molecule has 8 nitrogen and oxygen atoms in total. The Hall–Kier alpha value is -3.29. The highest BCUT2D eigenvalue weighted by atomic mass is 16.5. The molecule has 2 heterocycles. The maximum absolute atomic E-state index is 12.7. The molecule has 8 heteroatoms. The molecular formula is C21H27N5O3. The number of urea groups is 1. The molecule has 1 saturated heterocycles. The first-order chi connectivity index (χ1) is 13.9. The normalized spacial score (nSPS) is 19.7. The number of ether oxygens (including phenoxy) is 1. The van der Waals surface area contributed by atoms with E-state index in [2.05, 4.69) is 11.9 Å². The molecule has 1 fully saturated rings. The minimum Gasteiger partial charge on any atom is -0.463 e. The molecule has 0 radical (unpaired) electrons. The second-order valence-electron chi connectivity index (χ2n) is 7.07. The van der Waals surface area contributed by atoms with E-state index in [4.69, 9.17) is 9.73 Å². The Balaban J connectivity index is 2.05. The van der Waals surface area contributed by atoms with Gasteiger partial charge in [-0.05, 0) is 25.0 Å². The van der Waals surface area contributed by atoms with Crippen LogP contribution in [0.25, 0.3) is 6.08 Å². The zero-order valence-corrected chi connectivity index (χ0v) is 17.3. The summed E-state index contributed by atoms with van der Waals surface area (Å²) in [6.45, 7) is 8.59. The smallest absolute Gasteiger partial charge is 0.338 e. The van der Waals surface area contributed by atoms with Gasteiger partial charge in [0.25, 0.3) is 0 Å². The first-order valence-electron chi connectivity index (χ1n) is 9.52. The zero-order chi connectivity index (χ0) is 21.1. The lowest BCUT2D eigenvalue weighted by Gasteiger charge is -2.41. The van der Waals surface area contributed by atoms with Gasteiger partial charge in [0.2, 0.25) is 5.96 Å². The second-order valence-corrected chi connectivity index (χ2v) is 7.07. The van der Waals surface area contributed by atoms with Crippen LogP contribution in [0.15, 0.2) is 47.1 Å². The highest BCUT2D eigenvalue weighted by Crippen LogP contribution is 2.34. The number of benzene rings is 1. The number of aliphatic imine (C=N–C) groups is 1. The molecule has 3 rings (SSSR count). The topological polar surface area (TPSA) is 77.5 Å². The third-order valence-corrected chi connectivity index (χ3v) is 4.95. The van der Waals surface area contributed by atoms with Gasteiger partial charge in [0, 0.05) is 19.8 Å². The van der Waals surface area contributed by atoms with E-state index in [9.17, 15) is 9.59 Å². The molecule has 1 aromatic carbocycles. The van der Waals surface area contributed by atoms with Gasteiger partial charge in [-0.1, -0.05) is 36.9 Å². The number of carbonyl (C=O) groups excluding carboxylic acids is 2. The number of hydrogen-bond donors (Lipinski definition) is 1. The lowest BCUT2D eigenvalue weighted by Crippen LogP contribution is -2.59. The van der Waals surface area contributed by atoms with Crippen molar-refractivity contribution >= 4 is 24.0 Å². The fourth-order valence-electron chi connectivity index (χ4n) is 3.57. The molecule has 2 amide bonds. The van der Waals surface area contributed by atoms with Gasteiger partial charge < -0.3 is 24.8 Å². The summed E-state index contributed by atoms with van der Waals surface area (Å²) in [6.07, 6.45) is 1.76. The van der Waals surface area contributed by atoms with E-state index < -0.39 is 12.0 Å². The van der Waals surface area contributed by atoms with Crippen LogP contribution in [0.2, 0.25) is 0 Å². The summed E-state index contributed by atoms with van der Waals surface area (Å²) < 4.78 is 5.30. The van der Waals surface area contributed by atoms with E-state index in [1.165, 1.54) is 0 Å². The van der Waals surface area contributed by atoms with E-state index in [1.54, 1.807) is 36.9 Å². The highest BCUT2D eigenvalue weighted by Gasteiger charge is 2.35. The molecule has 0 aromatic heterocycles. The van der Waals surface area contributed by atoms with Crippen LogP contribution in [0, 0.1) is 0 Å². The summed E-state index contributed by atoms with van der Waals surface area (Å²) in [6, 6.07) is 7.14. The van der Waals surface area contributed by atoms with Gasteiger partial charge in [0.1, 0.15) is 6.04 Å². The van der Waals surface area contributed by atoms with Gasteiger partial charge >= 0.3 is 12.0 Å². The van der Waals surface area contributed by atoms with Crippen LogP contribution in [0.3, 0.4) is 0 Å². The number of guanidine groups is 1. The van der Waals surface area contributed by atoms with Crippen molar-refractivity contribution in [1.29, 1.82) is 0 Å². The van der Waals surface area contributed by atoms with Crippen LogP contribution in [-0.4, -0.2) is 66.7 Å². The Morgan fingerprint density at radius 3 is 2.59 bits per heavy atom. The summed E-state index contributed by atoms with van der Waals surface area (Å²) >= 11 is 0. The maximum atomic E-state index is 12.7. The minimum absolute atomic E-state index is 0.0503. The van der Waals surface area contributed by atoms with Gasteiger partial charge in [-0.3, -0.25) is 0 Å². The van der Waals surface area contributed by atoms with Crippen molar-refractivity contribution in [3.05, 3.63) is 53.2 Å². The van der Waals surface area contributed by atoms with Gasteiger partial charge in [0.15, 0.2) is 0 Å². The standard InChI is InChI=1S/C21H27N5O3/c1-6-15-10-8-9-11-16(15)18-17(19(27)29-7-2)14(3)22-20(23-18)26-12-24(4)21(28)25(5)13-26/h6,8-11,18H,1,7,12-13H2,2-5H3,(H,22,23). The molecule has 0 bridgehead atoms. The zero-order valence-electron chi connectivity index (χ0n) is 17.3. The van der Waals surface area contributed by atoms with E-state index in [0.29, 0.717) is 30.6 Å². The highest BCUT2D eigenvalue weighted by molar-refractivity contribution is 5.95. The van der Waals surface area contributed by atoms with Gasteiger partial charge in [-0.2, -0.15) is 0 Å². The van der Waals surface area contributed by atoms with E-state index in [0.717, 1.165) is 11.1 Å². The Bertz CT molecular complexity index is 878. The van der Waals surface area contributed by atoms with Crippen LogP contribution in [0.1, 0.15) is 31.0 Å². The third kappa shape index (κ3) is 3.96. The van der Waals surface area contributed by atoms with Crippen LogP contribution >= 0.6 is 0 Å². The Morgan fingerprint density at radius 1 is 1.31 bits per heavy atom. The molecule has 1 atom stereocenters. The first-order valence-corrected chi connectivity index (χ1v) is 9.52.